The van der Waals surface area contributed by atoms with Crippen LogP contribution in [0.4, 0.5) is 0 Å². The first kappa shape index (κ1) is 10.9. The highest BCUT2D eigenvalue weighted by atomic mass is 16.5. The van der Waals surface area contributed by atoms with Crippen molar-refractivity contribution in [3.63, 3.8) is 0 Å². The van der Waals surface area contributed by atoms with E-state index >= 15 is 0 Å². The largest absolute Gasteiger partial charge is 0.364 e. The summed E-state index contributed by atoms with van der Waals surface area (Å²) < 4.78 is 5.32. The zero-order valence-electron chi connectivity index (χ0n) is 7.97. The zero-order valence-corrected chi connectivity index (χ0v) is 7.97. The molecule has 0 aliphatic heterocycles. The van der Waals surface area contributed by atoms with Crippen LogP contribution in [-0.2, 0) is 4.74 Å². The van der Waals surface area contributed by atoms with Gasteiger partial charge in [-0.1, -0.05) is 20.8 Å². The maximum atomic E-state index is 5.57. The first-order valence-electron chi connectivity index (χ1n) is 4.54. The fraction of sp³-hybridized carbons (Fsp3) is 1.00. The van der Waals surface area contributed by atoms with Crippen LogP contribution in [0.5, 0.6) is 0 Å². The molecular formula is C9H21NO. The van der Waals surface area contributed by atoms with Gasteiger partial charge in [0.25, 0.3) is 0 Å². The molecule has 0 rings (SSSR count). The van der Waals surface area contributed by atoms with Crippen LogP contribution in [-0.4, -0.2) is 12.8 Å². The Kier molecular flexibility index (Phi) is 6.57. The summed E-state index contributed by atoms with van der Waals surface area (Å²) >= 11 is 0. The molecule has 1 atom stereocenters. The highest BCUT2D eigenvalue weighted by Gasteiger charge is 1.98. The lowest BCUT2D eigenvalue weighted by molar-refractivity contribution is 0.0514. The molecule has 0 bridgehead atoms. The van der Waals surface area contributed by atoms with Gasteiger partial charge in [-0.3, -0.25) is 0 Å². The van der Waals surface area contributed by atoms with E-state index in [1.165, 1.54) is 6.42 Å². The second-order valence-corrected chi connectivity index (χ2v) is 3.35. The molecule has 2 heteroatoms. The van der Waals surface area contributed by atoms with Crippen LogP contribution in [0.25, 0.3) is 0 Å². The smallest absolute Gasteiger partial charge is 0.105 e. The lowest BCUT2D eigenvalue weighted by atomic mass is 10.1. The highest BCUT2D eigenvalue weighted by Crippen LogP contribution is 2.03. The summed E-state index contributed by atoms with van der Waals surface area (Å²) in [7, 11) is 0. The monoisotopic (exact) mass is 159 g/mol. The van der Waals surface area contributed by atoms with E-state index in [0.29, 0.717) is 0 Å². The maximum Gasteiger partial charge on any atom is 0.105 e. The Morgan fingerprint density at radius 1 is 1.36 bits per heavy atom. The molecule has 1 unspecified atom stereocenters. The van der Waals surface area contributed by atoms with Crippen LogP contribution in [0.15, 0.2) is 0 Å². The van der Waals surface area contributed by atoms with Gasteiger partial charge in [0.15, 0.2) is 0 Å². The zero-order chi connectivity index (χ0) is 8.69. The van der Waals surface area contributed by atoms with Crippen molar-refractivity contribution in [1.29, 1.82) is 0 Å². The molecule has 0 aromatic carbocycles. The Morgan fingerprint density at radius 3 is 2.45 bits per heavy atom. The third kappa shape index (κ3) is 7.82. The van der Waals surface area contributed by atoms with Crippen molar-refractivity contribution in [2.45, 2.75) is 46.3 Å². The topological polar surface area (TPSA) is 35.2 Å². The van der Waals surface area contributed by atoms with E-state index in [1.807, 2.05) is 6.92 Å². The van der Waals surface area contributed by atoms with Crippen LogP contribution >= 0.6 is 0 Å². The summed E-state index contributed by atoms with van der Waals surface area (Å²) in [6, 6.07) is 0. The Bertz CT molecular complexity index is 83.6. The van der Waals surface area contributed by atoms with Gasteiger partial charge in [0.2, 0.25) is 0 Å². The number of nitrogens with two attached hydrogens (primary N) is 1. The number of rotatable bonds is 6. The SMILES string of the molecule is CCC(N)OCCCC(C)C. The molecule has 0 radical (unpaired) electrons. The summed E-state index contributed by atoms with van der Waals surface area (Å²) in [5, 5.41) is 0. The van der Waals surface area contributed by atoms with Gasteiger partial charge in [-0.15, -0.1) is 0 Å². The average molecular weight is 159 g/mol. The summed E-state index contributed by atoms with van der Waals surface area (Å²) in [5.41, 5.74) is 5.57. The van der Waals surface area contributed by atoms with Gasteiger partial charge in [-0.25, -0.2) is 0 Å². The van der Waals surface area contributed by atoms with Crippen LogP contribution in [0.3, 0.4) is 0 Å². The predicted octanol–water partition coefficient (Wildman–Crippen LogP) is 2.13. The molecule has 2 N–H and O–H groups in total. The highest BCUT2D eigenvalue weighted by molar-refractivity contribution is 4.47. The van der Waals surface area contributed by atoms with Crippen LogP contribution in [0.1, 0.15) is 40.0 Å². The standard InChI is InChI=1S/C9H21NO/c1-4-9(10)11-7-5-6-8(2)3/h8-9H,4-7,10H2,1-3H3. The number of hydrogen-bond acceptors (Lipinski definition) is 2. The van der Waals surface area contributed by atoms with E-state index in [9.17, 15) is 0 Å². The molecular weight excluding hydrogens is 138 g/mol. The van der Waals surface area contributed by atoms with Crippen molar-refractivity contribution in [2.75, 3.05) is 6.61 Å². The maximum absolute atomic E-state index is 5.57. The van der Waals surface area contributed by atoms with Crippen molar-refractivity contribution < 1.29 is 4.74 Å². The average Bonchev–Trinajstić information content (AvgIpc) is 1.97. The molecule has 0 aromatic rings. The van der Waals surface area contributed by atoms with E-state index in [4.69, 9.17) is 10.5 Å². The van der Waals surface area contributed by atoms with Crippen molar-refractivity contribution in [3.05, 3.63) is 0 Å². The number of hydrogen-bond donors (Lipinski definition) is 1. The summed E-state index contributed by atoms with van der Waals surface area (Å²) in [6.45, 7) is 7.29. The molecule has 0 aliphatic carbocycles. The minimum Gasteiger partial charge on any atom is -0.364 e. The van der Waals surface area contributed by atoms with E-state index in [0.717, 1.165) is 25.4 Å². The summed E-state index contributed by atoms with van der Waals surface area (Å²) in [4.78, 5) is 0. The predicted molar refractivity (Wildman–Crippen MR) is 48.3 cm³/mol. The van der Waals surface area contributed by atoms with Crippen molar-refractivity contribution >= 4 is 0 Å². The molecule has 0 fully saturated rings. The van der Waals surface area contributed by atoms with Crippen molar-refractivity contribution in [1.82, 2.24) is 0 Å². The lowest BCUT2D eigenvalue weighted by Crippen LogP contribution is -2.23. The van der Waals surface area contributed by atoms with Crippen LogP contribution in [0.2, 0.25) is 0 Å². The third-order valence-corrected chi connectivity index (χ3v) is 1.66. The molecule has 0 heterocycles. The van der Waals surface area contributed by atoms with Crippen LogP contribution < -0.4 is 5.73 Å². The van der Waals surface area contributed by atoms with Gasteiger partial charge < -0.3 is 10.5 Å². The lowest BCUT2D eigenvalue weighted by Gasteiger charge is -2.10. The Morgan fingerprint density at radius 2 is 2.00 bits per heavy atom. The van der Waals surface area contributed by atoms with Gasteiger partial charge in [0, 0.05) is 6.61 Å². The number of ether oxygens (including phenoxy) is 1. The van der Waals surface area contributed by atoms with Gasteiger partial charge in [-0.05, 0) is 25.2 Å². The van der Waals surface area contributed by atoms with E-state index in [1.54, 1.807) is 0 Å². The molecule has 0 aromatic heterocycles. The van der Waals surface area contributed by atoms with E-state index in [2.05, 4.69) is 13.8 Å². The van der Waals surface area contributed by atoms with Gasteiger partial charge in [0.05, 0.1) is 0 Å². The molecule has 68 valence electrons. The molecule has 0 saturated heterocycles. The third-order valence-electron chi connectivity index (χ3n) is 1.66. The van der Waals surface area contributed by atoms with Gasteiger partial charge in [0.1, 0.15) is 6.23 Å². The quantitative estimate of drug-likeness (QED) is 0.476. The molecule has 0 aliphatic rings. The minimum absolute atomic E-state index is 0.0536. The van der Waals surface area contributed by atoms with Crippen molar-refractivity contribution in [3.8, 4) is 0 Å². The molecule has 0 saturated carbocycles. The minimum atomic E-state index is -0.0536. The van der Waals surface area contributed by atoms with E-state index in [-0.39, 0.29) is 6.23 Å². The second kappa shape index (κ2) is 6.62. The first-order valence-corrected chi connectivity index (χ1v) is 4.54. The summed E-state index contributed by atoms with van der Waals surface area (Å²) in [6.07, 6.45) is 3.21. The summed E-state index contributed by atoms with van der Waals surface area (Å²) in [5.74, 6) is 0.774. The van der Waals surface area contributed by atoms with Crippen LogP contribution in [0, 0.1) is 5.92 Å². The first-order chi connectivity index (χ1) is 5.16. The fourth-order valence-corrected chi connectivity index (χ4v) is 0.844. The Labute approximate surface area is 70.1 Å². The molecule has 0 spiro atoms. The van der Waals surface area contributed by atoms with Gasteiger partial charge in [-0.2, -0.15) is 0 Å². The molecule has 11 heavy (non-hydrogen) atoms. The second-order valence-electron chi connectivity index (χ2n) is 3.35. The Balaban J connectivity index is 3.01. The van der Waals surface area contributed by atoms with Crippen molar-refractivity contribution in [2.24, 2.45) is 11.7 Å². The fourth-order valence-electron chi connectivity index (χ4n) is 0.844. The normalized spacial score (nSPS) is 13.9. The Hall–Kier alpha value is -0.0800. The van der Waals surface area contributed by atoms with Gasteiger partial charge >= 0.3 is 0 Å². The molecule has 2 nitrogen and oxygen atoms in total. The molecule has 0 amide bonds. The van der Waals surface area contributed by atoms with E-state index < -0.39 is 0 Å².